The molecule has 1 amide bonds. The summed E-state index contributed by atoms with van der Waals surface area (Å²) in [5, 5.41) is 32.0. The van der Waals surface area contributed by atoms with Gasteiger partial charge in [0, 0.05) is 11.1 Å². The third-order valence-electron chi connectivity index (χ3n) is 3.48. The molecule has 0 saturated heterocycles. The number of aromatic hydroxyl groups is 3. The van der Waals surface area contributed by atoms with Gasteiger partial charge in [-0.05, 0) is 23.8 Å². The lowest BCUT2D eigenvalue weighted by Crippen LogP contribution is -2.20. The average Bonchev–Trinajstić information content (AvgIpc) is 2.80. The third-order valence-corrected chi connectivity index (χ3v) is 3.48. The largest absolute Gasteiger partial charge is 0.507 e. The molecular formula is C15H11NO5. The van der Waals surface area contributed by atoms with E-state index in [1.54, 1.807) is 12.1 Å². The highest BCUT2D eigenvalue weighted by Crippen LogP contribution is 2.41. The lowest BCUT2D eigenvalue weighted by Gasteiger charge is -2.15. The van der Waals surface area contributed by atoms with Crippen molar-refractivity contribution in [1.29, 1.82) is 0 Å². The number of rotatable bonds is 2. The lowest BCUT2D eigenvalue weighted by atomic mass is 9.95. The molecule has 1 aliphatic heterocycles. The molecular weight excluding hydrogens is 274 g/mol. The molecule has 0 saturated carbocycles. The SMILES string of the molecule is O=Cc1cc(O)c(O)c(C2NC(=O)c3c(O)cccc32)c1. The topological polar surface area (TPSA) is 107 Å². The predicted molar refractivity (Wildman–Crippen MR) is 72.6 cm³/mol. The Balaban J connectivity index is 2.21. The average molecular weight is 285 g/mol. The first-order chi connectivity index (χ1) is 10.0. The Morgan fingerprint density at radius 3 is 2.52 bits per heavy atom. The Kier molecular flexibility index (Phi) is 2.79. The molecule has 1 aliphatic rings. The fourth-order valence-corrected chi connectivity index (χ4v) is 2.52. The van der Waals surface area contributed by atoms with Crippen LogP contribution in [-0.4, -0.2) is 27.5 Å². The van der Waals surface area contributed by atoms with Gasteiger partial charge in [-0.3, -0.25) is 9.59 Å². The van der Waals surface area contributed by atoms with Crippen molar-refractivity contribution in [3.63, 3.8) is 0 Å². The van der Waals surface area contributed by atoms with Crippen LogP contribution in [0.2, 0.25) is 0 Å². The molecule has 4 N–H and O–H groups in total. The fourth-order valence-electron chi connectivity index (χ4n) is 2.52. The van der Waals surface area contributed by atoms with E-state index in [-0.39, 0.29) is 22.4 Å². The van der Waals surface area contributed by atoms with Crippen LogP contribution < -0.4 is 5.32 Å². The first-order valence-electron chi connectivity index (χ1n) is 6.16. The highest BCUT2D eigenvalue weighted by molar-refractivity contribution is 6.02. The van der Waals surface area contributed by atoms with E-state index in [1.807, 2.05) is 0 Å². The van der Waals surface area contributed by atoms with E-state index in [4.69, 9.17) is 0 Å². The van der Waals surface area contributed by atoms with Crippen molar-refractivity contribution in [1.82, 2.24) is 5.32 Å². The van der Waals surface area contributed by atoms with Crippen LogP contribution in [0.5, 0.6) is 17.2 Å². The molecule has 0 fully saturated rings. The summed E-state index contributed by atoms with van der Waals surface area (Å²) >= 11 is 0. The van der Waals surface area contributed by atoms with Crippen LogP contribution in [0.4, 0.5) is 0 Å². The Morgan fingerprint density at radius 2 is 1.81 bits per heavy atom. The van der Waals surface area contributed by atoms with Crippen LogP contribution in [0, 0.1) is 0 Å². The molecule has 6 nitrogen and oxygen atoms in total. The molecule has 0 aromatic heterocycles. The van der Waals surface area contributed by atoms with Crippen molar-refractivity contribution in [3.8, 4) is 17.2 Å². The summed E-state index contributed by atoms with van der Waals surface area (Å²) in [5.74, 6) is -1.51. The number of amides is 1. The molecule has 106 valence electrons. The summed E-state index contributed by atoms with van der Waals surface area (Å²) in [6.45, 7) is 0. The molecule has 3 rings (SSSR count). The summed E-state index contributed by atoms with van der Waals surface area (Å²) < 4.78 is 0. The molecule has 0 bridgehead atoms. The minimum absolute atomic E-state index is 0.123. The number of phenols is 3. The van der Waals surface area contributed by atoms with E-state index >= 15 is 0 Å². The van der Waals surface area contributed by atoms with E-state index in [9.17, 15) is 24.9 Å². The first kappa shape index (κ1) is 13.0. The standard InChI is InChI=1S/C15H11NO5/c17-6-7-4-9(14(20)11(19)5-7)13-8-2-1-3-10(18)12(8)15(21)16-13/h1-6,13,18-20H,(H,16,21). The molecule has 1 atom stereocenters. The number of aldehydes is 1. The van der Waals surface area contributed by atoms with Crippen molar-refractivity contribution in [2.45, 2.75) is 6.04 Å². The molecule has 6 heteroatoms. The van der Waals surface area contributed by atoms with E-state index < -0.39 is 23.4 Å². The zero-order chi connectivity index (χ0) is 15.1. The minimum atomic E-state index is -0.745. The highest BCUT2D eigenvalue weighted by Gasteiger charge is 2.34. The number of fused-ring (bicyclic) bond motifs is 1. The number of benzene rings is 2. The second-order valence-electron chi connectivity index (χ2n) is 4.74. The maximum absolute atomic E-state index is 11.9. The molecule has 1 heterocycles. The number of hydrogen-bond acceptors (Lipinski definition) is 5. The van der Waals surface area contributed by atoms with Crippen molar-refractivity contribution < 1.29 is 24.9 Å². The second-order valence-corrected chi connectivity index (χ2v) is 4.74. The van der Waals surface area contributed by atoms with Crippen LogP contribution in [-0.2, 0) is 0 Å². The molecule has 0 aliphatic carbocycles. The van der Waals surface area contributed by atoms with Crippen LogP contribution in [0.25, 0.3) is 0 Å². The van der Waals surface area contributed by atoms with Crippen molar-refractivity contribution in [2.24, 2.45) is 0 Å². The molecule has 2 aromatic rings. The zero-order valence-electron chi connectivity index (χ0n) is 10.7. The van der Waals surface area contributed by atoms with E-state index in [2.05, 4.69) is 5.32 Å². The maximum atomic E-state index is 11.9. The Labute approximate surface area is 119 Å². The predicted octanol–water partition coefficient (Wildman–Crippen LogP) is 1.45. The van der Waals surface area contributed by atoms with Gasteiger partial charge >= 0.3 is 0 Å². The Morgan fingerprint density at radius 1 is 1.05 bits per heavy atom. The number of phenolic OH excluding ortho intramolecular Hbond substituents is 3. The fraction of sp³-hybridized carbons (Fsp3) is 0.0667. The highest BCUT2D eigenvalue weighted by atomic mass is 16.3. The lowest BCUT2D eigenvalue weighted by molar-refractivity contribution is 0.0958. The number of hydrogen-bond donors (Lipinski definition) is 4. The van der Waals surface area contributed by atoms with Gasteiger partial charge in [0.05, 0.1) is 11.6 Å². The Hall–Kier alpha value is -3.02. The zero-order valence-corrected chi connectivity index (χ0v) is 10.7. The van der Waals surface area contributed by atoms with Gasteiger partial charge in [-0.2, -0.15) is 0 Å². The molecule has 0 radical (unpaired) electrons. The smallest absolute Gasteiger partial charge is 0.256 e. The summed E-state index contributed by atoms with van der Waals surface area (Å²) in [4.78, 5) is 22.8. The van der Waals surface area contributed by atoms with Crippen LogP contribution in [0.3, 0.4) is 0 Å². The van der Waals surface area contributed by atoms with Crippen molar-refractivity contribution in [3.05, 3.63) is 52.6 Å². The molecule has 1 unspecified atom stereocenters. The molecule has 2 aromatic carbocycles. The number of nitrogens with one attached hydrogen (secondary N) is 1. The monoisotopic (exact) mass is 285 g/mol. The summed E-state index contributed by atoms with van der Waals surface area (Å²) in [7, 11) is 0. The maximum Gasteiger partial charge on any atom is 0.256 e. The van der Waals surface area contributed by atoms with Gasteiger partial charge in [-0.1, -0.05) is 12.1 Å². The van der Waals surface area contributed by atoms with Crippen molar-refractivity contribution in [2.75, 3.05) is 0 Å². The van der Waals surface area contributed by atoms with Crippen molar-refractivity contribution >= 4 is 12.2 Å². The normalized spacial score (nSPS) is 16.4. The molecule has 21 heavy (non-hydrogen) atoms. The quantitative estimate of drug-likeness (QED) is 0.493. The minimum Gasteiger partial charge on any atom is -0.507 e. The van der Waals surface area contributed by atoms with Crippen LogP contribution in [0.1, 0.15) is 37.9 Å². The first-order valence-corrected chi connectivity index (χ1v) is 6.16. The van der Waals surface area contributed by atoms with Gasteiger partial charge in [0.25, 0.3) is 5.91 Å². The van der Waals surface area contributed by atoms with Gasteiger partial charge in [0.15, 0.2) is 11.5 Å². The van der Waals surface area contributed by atoms with E-state index in [1.165, 1.54) is 12.1 Å². The van der Waals surface area contributed by atoms with Gasteiger partial charge in [0.2, 0.25) is 0 Å². The summed E-state index contributed by atoms with van der Waals surface area (Å²) in [5.41, 5.74) is 0.952. The number of carbonyl (C=O) groups excluding carboxylic acids is 2. The Bertz CT molecular complexity index is 769. The van der Waals surface area contributed by atoms with Gasteiger partial charge in [0.1, 0.15) is 12.0 Å². The molecule has 0 spiro atoms. The van der Waals surface area contributed by atoms with Gasteiger partial charge < -0.3 is 20.6 Å². The van der Waals surface area contributed by atoms with E-state index in [0.29, 0.717) is 11.8 Å². The summed E-state index contributed by atoms with van der Waals surface area (Å²) in [6, 6.07) is 6.35. The van der Waals surface area contributed by atoms with Gasteiger partial charge in [-0.15, -0.1) is 0 Å². The van der Waals surface area contributed by atoms with Crippen LogP contribution in [0.15, 0.2) is 30.3 Å². The number of carbonyl (C=O) groups is 2. The summed E-state index contributed by atoms with van der Waals surface area (Å²) in [6.07, 6.45) is 0.531. The third kappa shape index (κ3) is 1.88. The van der Waals surface area contributed by atoms with Gasteiger partial charge in [-0.25, -0.2) is 0 Å². The van der Waals surface area contributed by atoms with E-state index in [0.717, 1.165) is 6.07 Å². The second kappa shape index (κ2) is 4.52. The van der Waals surface area contributed by atoms with Crippen LogP contribution >= 0.6 is 0 Å².